The highest BCUT2D eigenvalue weighted by molar-refractivity contribution is 5.19. The fraction of sp³-hybridized carbons (Fsp3) is 0.667. The van der Waals surface area contributed by atoms with Crippen LogP contribution in [0.25, 0.3) is 0 Å². The molecule has 0 saturated heterocycles. The fourth-order valence-corrected chi connectivity index (χ4v) is 1.51. The van der Waals surface area contributed by atoms with Crippen LogP contribution in [0, 0.1) is 12.8 Å². The van der Waals surface area contributed by atoms with Gasteiger partial charge in [0, 0.05) is 29.9 Å². The summed E-state index contributed by atoms with van der Waals surface area (Å²) in [6, 6.07) is 0.0177. The number of aryl methyl sites for hydroxylation is 2. The van der Waals surface area contributed by atoms with Crippen molar-refractivity contribution < 1.29 is 0 Å². The van der Waals surface area contributed by atoms with Crippen molar-refractivity contribution >= 4 is 0 Å². The topological polar surface area (TPSA) is 51.8 Å². The number of nitrogens with two attached hydrogens (primary N) is 1. The zero-order valence-corrected chi connectivity index (χ0v) is 10.1. The second-order valence-electron chi connectivity index (χ2n) is 4.55. The lowest BCUT2D eigenvalue weighted by atomic mass is 10.1. The molecule has 3 heteroatoms. The second kappa shape index (κ2) is 5.21. The first kappa shape index (κ1) is 12.1. The van der Waals surface area contributed by atoms with Crippen LogP contribution in [0.4, 0.5) is 0 Å². The normalized spacial score (nSPS) is 13.2. The molecule has 0 aliphatic rings. The summed E-state index contributed by atoms with van der Waals surface area (Å²) in [4.78, 5) is 8.82. The number of hydrogen-bond acceptors (Lipinski definition) is 3. The van der Waals surface area contributed by atoms with Gasteiger partial charge in [0.1, 0.15) is 5.82 Å². The van der Waals surface area contributed by atoms with E-state index in [4.69, 9.17) is 5.73 Å². The van der Waals surface area contributed by atoms with Crippen LogP contribution in [0.15, 0.2) is 6.20 Å². The average molecular weight is 207 g/mol. The third-order valence-corrected chi connectivity index (χ3v) is 2.50. The standard InChI is InChI=1S/C12H21N3/c1-8(2)5-6-12-14-7-11(9(3)13)10(4)15-12/h7-9H,5-6,13H2,1-4H3/t9-/m1/s1. The lowest BCUT2D eigenvalue weighted by molar-refractivity contribution is 0.572. The summed E-state index contributed by atoms with van der Waals surface area (Å²) < 4.78 is 0. The molecule has 15 heavy (non-hydrogen) atoms. The smallest absolute Gasteiger partial charge is 0.128 e. The molecule has 3 nitrogen and oxygen atoms in total. The van der Waals surface area contributed by atoms with E-state index in [1.165, 1.54) is 0 Å². The molecule has 0 spiro atoms. The van der Waals surface area contributed by atoms with Crippen LogP contribution < -0.4 is 5.73 Å². The molecule has 1 aromatic rings. The van der Waals surface area contributed by atoms with Crippen molar-refractivity contribution in [1.82, 2.24) is 9.97 Å². The van der Waals surface area contributed by atoms with Crippen molar-refractivity contribution in [1.29, 1.82) is 0 Å². The SMILES string of the molecule is Cc1nc(CCC(C)C)ncc1[C@@H](C)N. The van der Waals surface area contributed by atoms with Crippen LogP contribution in [0.5, 0.6) is 0 Å². The first-order valence-electron chi connectivity index (χ1n) is 5.58. The molecule has 0 aliphatic heterocycles. The molecule has 0 unspecified atom stereocenters. The van der Waals surface area contributed by atoms with Gasteiger partial charge in [0.25, 0.3) is 0 Å². The van der Waals surface area contributed by atoms with Crippen molar-refractivity contribution in [2.45, 2.75) is 46.6 Å². The predicted molar refractivity (Wildman–Crippen MR) is 62.5 cm³/mol. The van der Waals surface area contributed by atoms with Gasteiger partial charge >= 0.3 is 0 Å². The fourth-order valence-electron chi connectivity index (χ4n) is 1.51. The largest absolute Gasteiger partial charge is 0.324 e. The van der Waals surface area contributed by atoms with E-state index in [0.717, 1.165) is 29.9 Å². The summed E-state index contributed by atoms with van der Waals surface area (Å²) in [6.45, 7) is 8.38. The van der Waals surface area contributed by atoms with Crippen LogP contribution in [0.1, 0.15) is 50.3 Å². The Hall–Kier alpha value is -0.960. The number of hydrogen-bond donors (Lipinski definition) is 1. The van der Waals surface area contributed by atoms with E-state index < -0.39 is 0 Å². The maximum Gasteiger partial charge on any atom is 0.128 e. The quantitative estimate of drug-likeness (QED) is 0.824. The Balaban J connectivity index is 2.73. The van der Waals surface area contributed by atoms with Crippen LogP contribution >= 0.6 is 0 Å². The third kappa shape index (κ3) is 3.59. The van der Waals surface area contributed by atoms with Crippen molar-refractivity contribution in [2.24, 2.45) is 11.7 Å². The van der Waals surface area contributed by atoms with Gasteiger partial charge in [-0.15, -0.1) is 0 Å². The molecule has 2 N–H and O–H groups in total. The summed E-state index contributed by atoms with van der Waals surface area (Å²) >= 11 is 0. The molecule has 0 aliphatic carbocycles. The molecule has 0 bridgehead atoms. The van der Waals surface area contributed by atoms with E-state index in [9.17, 15) is 0 Å². The van der Waals surface area contributed by atoms with Crippen molar-refractivity contribution in [2.75, 3.05) is 0 Å². The highest BCUT2D eigenvalue weighted by Gasteiger charge is 2.07. The van der Waals surface area contributed by atoms with E-state index in [0.29, 0.717) is 5.92 Å². The monoisotopic (exact) mass is 207 g/mol. The Morgan fingerprint density at radius 3 is 2.47 bits per heavy atom. The van der Waals surface area contributed by atoms with E-state index >= 15 is 0 Å². The van der Waals surface area contributed by atoms with Gasteiger partial charge in [-0.05, 0) is 26.2 Å². The van der Waals surface area contributed by atoms with Gasteiger partial charge in [-0.1, -0.05) is 13.8 Å². The molecule has 1 rings (SSSR count). The maximum absolute atomic E-state index is 5.81. The summed E-state index contributed by atoms with van der Waals surface area (Å²) in [5, 5.41) is 0. The Bertz CT molecular complexity index is 319. The number of aromatic nitrogens is 2. The molecule has 0 fully saturated rings. The number of rotatable bonds is 4. The van der Waals surface area contributed by atoms with Gasteiger partial charge in [0.15, 0.2) is 0 Å². The molecular weight excluding hydrogens is 186 g/mol. The minimum Gasteiger partial charge on any atom is -0.324 e. The minimum atomic E-state index is 0.0177. The Morgan fingerprint density at radius 1 is 1.33 bits per heavy atom. The molecule has 1 atom stereocenters. The summed E-state index contributed by atoms with van der Waals surface area (Å²) in [5.41, 5.74) is 7.86. The van der Waals surface area contributed by atoms with Crippen LogP contribution in [-0.4, -0.2) is 9.97 Å². The Labute approximate surface area is 92.1 Å². The molecule has 1 heterocycles. The van der Waals surface area contributed by atoms with Gasteiger partial charge in [-0.3, -0.25) is 0 Å². The van der Waals surface area contributed by atoms with E-state index in [1.54, 1.807) is 0 Å². The lowest BCUT2D eigenvalue weighted by Crippen LogP contribution is -2.10. The van der Waals surface area contributed by atoms with Gasteiger partial charge in [0.05, 0.1) is 0 Å². The number of nitrogens with zero attached hydrogens (tertiary/aromatic N) is 2. The predicted octanol–water partition coefficient (Wildman–Crippen LogP) is 2.39. The second-order valence-corrected chi connectivity index (χ2v) is 4.55. The van der Waals surface area contributed by atoms with Crippen LogP contribution in [-0.2, 0) is 6.42 Å². The summed E-state index contributed by atoms with van der Waals surface area (Å²) in [6.07, 6.45) is 3.96. The van der Waals surface area contributed by atoms with E-state index in [1.807, 2.05) is 20.0 Å². The minimum absolute atomic E-state index is 0.0177. The highest BCUT2D eigenvalue weighted by Crippen LogP contribution is 2.13. The first-order valence-corrected chi connectivity index (χ1v) is 5.58. The molecular formula is C12H21N3. The summed E-state index contributed by atoms with van der Waals surface area (Å²) in [7, 11) is 0. The third-order valence-electron chi connectivity index (χ3n) is 2.50. The lowest BCUT2D eigenvalue weighted by Gasteiger charge is -2.10. The molecule has 0 amide bonds. The molecule has 1 aromatic heterocycles. The van der Waals surface area contributed by atoms with Crippen LogP contribution in [0.3, 0.4) is 0 Å². The van der Waals surface area contributed by atoms with E-state index in [2.05, 4.69) is 23.8 Å². The average Bonchev–Trinajstić information content (AvgIpc) is 2.14. The van der Waals surface area contributed by atoms with Gasteiger partial charge in [-0.25, -0.2) is 9.97 Å². The van der Waals surface area contributed by atoms with Gasteiger partial charge in [0.2, 0.25) is 0 Å². The molecule has 0 aromatic carbocycles. The van der Waals surface area contributed by atoms with Gasteiger partial charge < -0.3 is 5.73 Å². The Morgan fingerprint density at radius 2 is 2.00 bits per heavy atom. The van der Waals surface area contributed by atoms with Crippen molar-refractivity contribution in [3.63, 3.8) is 0 Å². The first-order chi connectivity index (χ1) is 7.00. The zero-order valence-electron chi connectivity index (χ0n) is 10.1. The summed E-state index contributed by atoms with van der Waals surface area (Å²) in [5.74, 6) is 1.63. The maximum atomic E-state index is 5.81. The van der Waals surface area contributed by atoms with Crippen LogP contribution in [0.2, 0.25) is 0 Å². The Kier molecular flexibility index (Phi) is 4.21. The molecule has 0 saturated carbocycles. The van der Waals surface area contributed by atoms with Crippen molar-refractivity contribution in [3.8, 4) is 0 Å². The molecule has 84 valence electrons. The van der Waals surface area contributed by atoms with Crippen molar-refractivity contribution in [3.05, 3.63) is 23.3 Å². The van der Waals surface area contributed by atoms with E-state index in [-0.39, 0.29) is 6.04 Å². The van der Waals surface area contributed by atoms with Gasteiger partial charge in [-0.2, -0.15) is 0 Å². The molecule has 0 radical (unpaired) electrons. The zero-order chi connectivity index (χ0) is 11.4. The highest BCUT2D eigenvalue weighted by atomic mass is 14.9.